The maximum Gasteiger partial charge on any atom is 0.262 e. The van der Waals surface area contributed by atoms with Crippen molar-refractivity contribution >= 4 is 28.9 Å². The number of hydrogen-bond acceptors (Lipinski definition) is 6. The molecule has 2 amide bonds. The molecule has 1 aromatic heterocycles. The number of rotatable bonds is 7. The van der Waals surface area contributed by atoms with Gasteiger partial charge in [-0.2, -0.15) is 5.10 Å². The van der Waals surface area contributed by atoms with Gasteiger partial charge in [-0.05, 0) is 41.8 Å². The minimum atomic E-state index is -0.310. The predicted molar refractivity (Wildman–Crippen MR) is 128 cm³/mol. The van der Waals surface area contributed by atoms with Crippen molar-refractivity contribution in [1.29, 1.82) is 0 Å². The molecule has 0 saturated carbocycles. The van der Waals surface area contributed by atoms with Crippen LogP contribution in [0.5, 0.6) is 11.5 Å². The van der Waals surface area contributed by atoms with E-state index < -0.39 is 0 Å². The molecule has 3 aromatic rings. The van der Waals surface area contributed by atoms with Crippen LogP contribution >= 0.6 is 11.3 Å². The minimum absolute atomic E-state index is 0.0995. The number of hydrazone groups is 1. The molecule has 0 spiro atoms. The first-order valence-corrected chi connectivity index (χ1v) is 11.4. The Morgan fingerprint density at radius 3 is 2.48 bits per heavy atom. The van der Waals surface area contributed by atoms with E-state index in [2.05, 4.69) is 5.10 Å². The molecule has 4 rings (SSSR count). The summed E-state index contributed by atoms with van der Waals surface area (Å²) in [7, 11) is 4.80. The number of para-hydroxylation sites is 1. The number of amides is 2. The summed E-state index contributed by atoms with van der Waals surface area (Å²) in [5.41, 5.74) is 2.21. The molecule has 7 nitrogen and oxygen atoms in total. The fourth-order valence-corrected chi connectivity index (χ4v) is 4.54. The molecule has 33 heavy (non-hydrogen) atoms. The number of likely N-dealkylation sites (N-methyl/N-ethyl adjacent to an activating group) is 1. The smallest absolute Gasteiger partial charge is 0.262 e. The fraction of sp³-hybridized carbons (Fsp3) is 0.240. The van der Waals surface area contributed by atoms with Crippen molar-refractivity contribution in [2.24, 2.45) is 5.10 Å². The Morgan fingerprint density at radius 2 is 1.82 bits per heavy atom. The summed E-state index contributed by atoms with van der Waals surface area (Å²) in [5, 5.41) is 8.15. The van der Waals surface area contributed by atoms with Crippen LogP contribution in [-0.2, 0) is 4.79 Å². The maximum atomic E-state index is 13.4. The van der Waals surface area contributed by atoms with Crippen LogP contribution < -0.4 is 9.47 Å². The fourth-order valence-electron chi connectivity index (χ4n) is 3.82. The lowest BCUT2D eigenvalue weighted by Gasteiger charge is -2.26. The molecule has 0 saturated heterocycles. The Balaban J connectivity index is 1.57. The summed E-state index contributed by atoms with van der Waals surface area (Å²) in [6.07, 6.45) is 0.572. The number of hydrogen-bond donors (Lipinski definition) is 0. The van der Waals surface area contributed by atoms with E-state index in [0.717, 1.165) is 16.2 Å². The first kappa shape index (κ1) is 22.5. The second-order valence-corrected chi connectivity index (χ2v) is 8.56. The Kier molecular flexibility index (Phi) is 6.74. The highest BCUT2D eigenvalue weighted by Crippen LogP contribution is 2.38. The monoisotopic (exact) mass is 463 g/mol. The van der Waals surface area contributed by atoms with Crippen molar-refractivity contribution in [3.8, 4) is 11.5 Å². The van der Waals surface area contributed by atoms with Gasteiger partial charge in [-0.1, -0.05) is 24.3 Å². The van der Waals surface area contributed by atoms with Crippen molar-refractivity contribution in [1.82, 2.24) is 9.91 Å². The van der Waals surface area contributed by atoms with Gasteiger partial charge in [-0.3, -0.25) is 9.59 Å². The molecule has 0 bridgehead atoms. The van der Waals surface area contributed by atoms with Crippen molar-refractivity contribution in [3.63, 3.8) is 0 Å². The van der Waals surface area contributed by atoms with Gasteiger partial charge in [0.25, 0.3) is 11.8 Å². The summed E-state index contributed by atoms with van der Waals surface area (Å²) >= 11 is 1.59. The maximum absolute atomic E-state index is 13.4. The van der Waals surface area contributed by atoms with Crippen molar-refractivity contribution in [3.05, 3.63) is 82.0 Å². The van der Waals surface area contributed by atoms with E-state index in [1.165, 1.54) is 9.91 Å². The van der Waals surface area contributed by atoms with Crippen LogP contribution in [0.4, 0.5) is 0 Å². The zero-order valence-electron chi connectivity index (χ0n) is 18.7. The molecule has 1 atom stereocenters. The Morgan fingerprint density at radius 1 is 1.06 bits per heavy atom. The second-order valence-electron chi connectivity index (χ2n) is 7.61. The summed E-state index contributed by atoms with van der Waals surface area (Å²) in [6, 6.07) is 18.1. The summed E-state index contributed by atoms with van der Waals surface area (Å²) < 4.78 is 10.7. The summed E-state index contributed by atoms with van der Waals surface area (Å²) in [5.74, 6) is 0.853. The highest BCUT2D eigenvalue weighted by atomic mass is 32.1. The highest BCUT2D eigenvalue weighted by molar-refractivity contribution is 7.12. The van der Waals surface area contributed by atoms with E-state index in [9.17, 15) is 9.59 Å². The third kappa shape index (κ3) is 4.75. The lowest BCUT2D eigenvalue weighted by atomic mass is 10.00. The van der Waals surface area contributed by atoms with E-state index in [1.54, 1.807) is 56.9 Å². The highest BCUT2D eigenvalue weighted by Gasteiger charge is 2.35. The zero-order valence-corrected chi connectivity index (χ0v) is 19.5. The molecule has 1 unspecified atom stereocenters. The van der Waals surface area contributed by atoms with Crippen LogP contribution in [0.2, 0.25) is 0 Å². The summed E-state index contributed by atoms with van der Waals surface area (Å²) in [6.45, 7) is -0.0995. The van der Waals surface area contributed by atoms with Gasteiger partial charge in [0.15, 0.2) is 0 Å². The molecular formula is C25H25N3O4S. The van der Waals surface area contributed by atoms with Gasteiger partial charge in [0.05, 0.1) is 30.9 Å². The third-order valence-electron chi connectivity index (χ3n) is 5.53. The second kappa shape index (κ2) is 9.87. The Hall–Kier alpha value is -3.65. The molecule has 0 fully saturated rings. The SMILES string of the molecule is COc1ccc(C(=O)N(C)CC(=O)N2N=C(c3cccs3)CC2c2ccccc2OC)cc1. The number of thiophene rings is 1. The molecule has 0 aliphatic carbocycles. The van der Waals surface area contributed by atoms with Crippen LogP contribution in [0, 0.1) is 0 Å². The van der Waals surface area contributed by atoms with Gasteiger partial charge in [0, 0.05) is 24.6 Å². The standard InChI is InChI=1S/C25H25N3O4S/c1-27(25(30)17-10-12-18(31-2)13-11-17)16-24(29)28-21(19-7-4-5-8-22(19)32-3)15-20(26-28)23-9-6-14-33-23/h4-14,21H,15-16H2,1-3H3. The van der Waals surface area contributed by atoms with Gasteiger partial charge < -0.3 is 14.4 Å². The van der Waals surface area contributed by atoms with E-state index in [1.807, 2.05) is 41.8 Å². The number of ether oxygens (including phenoxy) is 2. The molecule has 2 heterocycles. The molecular weight excluding hydrogens is 438 g/mol. The van der Waals surface area contributed by atoms with Gasteiger partial charge in [0.2, 0.25) is 0 Å². The first-order valence-electron chi connectivity index (χ1n) is 10.5. The molecule has 0 radical (unpaired) electrons. The number of nitrogens with zero attached hydrogens (tertiary/aromatic N) is 3. The molecule has 1 aliphatic rings. The van der Waals surface area contributed by atoms with Crippen LogP contribution in [0.15, 0.2) is 71.1 Å². The van der Waals surface area contributed by atoms with Gasteiger partial charge in [0.1, 0.15) is 18.0 Å². The van der Waals surface area contributed by atoms with E-state index in [-0.39, 0.29) is 24.4 Å². The van der Waals surface area contributed by atoms with E-state index >= 15 is 0 Å². The van der Waals surface area contributed by atoms with Gasteiger partial charge >= 0.3 is 0 Å². The quantitative estimate of drug-likeness (QED) is 0.526. The Bertz CT molecular complexity index is 1160. The lowest BCUT2D eigenvalue weighted by Crippen LogP contribution is -2.39. The molecule has 8 heteroatoms. The normalized spacial score (nSPS) is 15.2. The number of benzene rings is 2. The van der Waals surface area contributed by atoms with Crippen molar-refractivity contribution in [2.45, 2.75) is 12.5 Å². The first-order chi connectivity index (χ1) is 16.0. The average Bonchev–Trinajstić information content (AvgIpc) is 3.54. The van der Waals surface area contributed by atoms with Crippen LogP contribution in [0.3, 0.4) is 0 Å². The number of methoxy groups -OCH3 is 2. The average molecular weight is 464 g/mol. The van der Waals surface area contributed by atoms with Crippen molar-refractivity contribution < 1.29 is 19.1 Å². The van der Waals surface area contributed by atoms with Gasteiger partial charge in [-0.15, -0.1) is 11.3 Å². The lowest BCUT2D eigenvalue weighted by molar-refractivity contribution is -0.133. The largest absolute Gasteiger partial charge is 0.497 e. The van der Waals surface area contributed by atoms with Crippen LogP contribution in [-0.4, -0.2) is 55.2 Å². The zero-order chi connectivity index (χ0) is 23.4. The molecule has 2 aromatic carbocycles. The number of carbonyl (C=O) groups excluding carboxylic acids is 2. The van der Waals surface area contributed by atoms with Gasteiger partial charge in [-0.25, -0.2) is 5.01 Å². The van der Waals surface area contributed by atoms with Crippen molar-refractivity contribution in [2.75, 3.05) is 27.8 Å². The minimum Gasteiger partial charge on any atom is -0.497 e. The Labute approximate surface area is 196 Å². The molecule has 170 valence electrons. The number of carbonyl (C=O) groups is 2. The topological polar surface area (TPSA) is 71.4 Å². The van der Waals surface area contributed by atoms with E-state index in [4.69, 9.17) is 9.47 Å². The van der Waals surface area contributed by atoms with Crippen LogP contribution in [0.25, 0.3) is 0 Å². The third-order valence-corrected chi connectivity index (χ3v) is 6.44. The molecule has 0 N–H and O–H groups in total. The predicted octanol–water partition coefficient (Wildman–Crippen LogP) is 4.22. The van der Waals surface area contributed by atoms with Crippen LogP contribution in [0.1, 0.15) is 33.3 Å². The summed E-state index contributed by atoms with van der Waals surface area (Å²) in [4.78, 5) is 28.6. The van der Waals surface area contributed by atoms with E-state index in [0.29, 0.717) is 23.5 Å². The molecule has 1 aliphatic heterocycles.